The van der Waals surface area contributed by atoms with Crippen molar-refractivity contribution in [3.8, 4) is 17.2 Å². The van der Waals surface area contributed by atoms with Crippen LogP contribution < -0.4 is 19.1 Å². The predicted molar refractivity (Wildman–Crippen MR) is 134 cm³/mol. The van der Waals surface area contributed by atoms with Crippen molar-refractivity contribution in [2.45, 2.75) is 13.1 Å². The predicted octanol–water partition coefficient (Wildman–Crippen LogP) is 4.76. The zero-order valence-electron chi connectivity index (χ0n) is 20.6. The number of pyridine rings is 1. The van der Waals surface area contributed by atoms with Crippen molar-refractivity contribution in [2.24, 2.45) is 0 Å². The molecule has 0 N–H and O–H groups in total. The summed E-state index contributed by atoms with van der Waals surface area (Å²) in [4.78, 5) is 22.2. The van der Waals surface area contributed by atoms with E-state index in [9.17, 15) is 4.79 Å². The van der Waals surface area contributed by atoms with E-state index in [2.05, 4.69) is 0 Å². The molecule has 0 radical (unpaired) electrons. The number of rotatable bonds is 9. The molecule has 0 saturated carbocycles. The Balaban J connectivity index is 1.81. The first-order valence-corrected chi connectivity index (χ1v) is 11.1. The molecule has 0 fully saturated rings. The number of methoxy groups -OCH3 is 3. The third kappa shape index (κ3) is 5.01. The van der Waals surface area contributed by atoms with E-state index >= 15 is 0 Å². The summed E-state index contributed by atoms with van der Waals surface area (Å²) in [5, 5.41) is 0.805. The summed E-state index contributed by atoms with van der Waals surface area (Å²) in [5.41, 5.74) is 2.07. The number of carbonyl (C=O) groups is 1. The van der Waals surface area contributed by atoms with Crippen molar-refractivity contribution in [3.63, 3.8) is 0 Å². The van der Waals surface area contributed by atoms with Crippen LogP contribution >= 0.6 is 0 Å². The highest BCUT2D eigenvalue weighted by molar-refractivity contribution is 5.95. The summed E-state index contributed by atoms with van der Waals surface area (Å²) in [6.45, 7) is 0.594. The van der Waals surface area contributed by atoms with Gasteiger partial charge in [-0.3, -0.25) is 4.79 Å². The number of nitrogens with zero attached hydrogens (tertiary/aromatic N) is 3. The molecule has 2 aromatic heterocycles. The Morgan fingerprint density at radius 3 is 2.34 bits per heavy atom. The topological polar surface area (TPSA) is 77.3 Å². The molecular formula is C27H29N3O5. The van der Waals surface area contributed by atoms with Crippen LogP contribution in [0.2, 0.25) is 0 Å². The van der Waals surface area contributed by atoms with Crippen molar-refractivity contribution < 1.29 is 23.4 Å². The van der Waals surface area contributed by atoms with Gasteiger partial charge in [0.2, 0.25) is 0 Å². The second-order valence-electron chi connectivity index (χ2n) is 8.20. The standard InChI is InChI=1S/C27H29N3O5/c1-29(2)26-19(15-22-23(33-4)11-12-24(34-5)25(22)28-26)16-30(17-21-10-7-13-35-21)27(31)18-8-6-9-20(14-18)32-3/h6-15H,16-17H2,1-5H3. The SMILES string of the molecule is COc1cccc(C(=O)N(Cc2ccco2)Cc2cc3c(OC)ccc(OC)c3nc2N(C)C)c1. The van der Waals surface area contributed by atoms with Crippen LogP contribution in [0.15, 0.2) is 65.3 Å². The van der Waals surface area contributed by atoms with Gasteiger partial charge in [0.25, 0.3) is 5.91 Å². The van der Waals surface area contributed by atoms with E-state index in [0.29, 0.717) is 47.2 Å². The maximum absolute atomic E-state index is 13.7. The highest BCUT2D eigenvalue weighted by Crippen LogP contribution is 2.35. The van der Waals surface area contributed by atoms with Crippen LogP contribution in [-0.2, 0) is 13.1 Å². The molecule has 0 aliphatic carbocycles. The lowest BCUT2D eigenvalue weighted by Crippen LogP contribution is -2.31. The minimum Gasteiger partial charge on any atom is -0.497 e. The summed E-state index contributed by atoms with van der Waals surface area (Å²) in [6, 6.07) is 16.5. The molecule has 0 aliphatic heterocycles. The van der Waals surface area contributed by atoms with E-state index in [0.717, 1.165) is 16.8 Å². The maximum Gasteiger partial charge on any atom is 0.254 e. The van der Waals surface area contributed by atoms with Crippen LogP contribution in [0, 0.1) is 0 Å². The zero-order valence-corrected chi connectivity index (χ0v) is 20.6. The molecule has 4 rings (SSSR count). The van der Waals surface area contributed by atoms with Crippen molar-refractivity contribution in [3.05, 3.63) is 77.7 Å². The van der Waals surface area contributed by atoms with Gasteiger partial charge in [-0.25, -0.2) is 4.98 Å². The smallest absolute Gasteiger partial charge is 0.254 e. The first kappa shape index (κ1) is 23.9. The van der Waals surface area contributed by atoms with E-state index in [1.165, 1.54) is 0 Å². The van der Waals surface area contributed by atoms with Crippen LogP contribution in [0.4, 0.5) is 5.82 Å². The molecule has 0 atom stereocenters. The molecule has 1 amide bonds. The summed E-state index contributed by atoms with van der Waals surface area (Å²) in [7, 11) is 8.66. The van der Waals surface area contributed by atoms with E-state index in [4.69, 9.17) is 23.6 Å². The Morgan fingerprint density at radius 2 is 1.69 bits per heavy atom. The Labute approximate surface area is 204 Å². The molecule has 0 saturated heterocycles. The van der Waals surface area contributed by atoms with Crippen molar-refractivity contribution >= 4 is 22.6 Å². The van der Waals surface area contributed by atoms with Crippen LogP contribution in [0.3, 0.4) is 0 Å². The molecule has 0 spiro atoms. The number of furan rings is 1. The number of carbonyl (C=O) groups excluding carboxylic acids is 1. The normalized spacial score (nSPS) is 10.8. The second kappa shape index (κ2) is 10.4. The van der Waals surface area contributed by atoms with Crippen molar-refractivity contribution in [1.29, 1.82) is 0 Å². The Bertz CT molecular complexity index is 1320. The molecule has 0 aliphatic rings. The summed E-state index contributed by atoms with van der Waals surface area (Å²) in [5.74, 6) is 3.20. The number of aromatic nitrogens is 1. The van der Waals surface area contributed by atoms with Crippen LogP contribution in [-0.4, -0.2) is 51.2 Å². The molecule has 8 nitrogen and oxygen atoms in total. The third-order valence-electron chi connectivity index (χ3n) is 5.72. The zero-order chi connectivity index (χ0) is 24.9. The molecule has 0 unspecified atom stereocenters. The lowest BCUT2D eigenvalue weighted by atomic mass is 10.1. The summed E-state index contributed by atoms with van der Waals surface area (Å²) in [6.07, 6.45) is 1.60. The van der Waals surface area contributed by atoms with Gasteiger partial charge in [0.05, 0.1) is 40.7 Å². The average Bonchev–Trinajstić information content (AvgIpc) is 3.39. The van der Waals surface area contributed by atoms with Crippen molar-refractivity contribution in [2.75, 3.05) is 40.3 Å². The average molecular weight is 476 g/mol. The van der Waals surface area contributed by atoms with E-state index in [1.807, 2.05) is 55.4 Å². The second-order valence-corrected chi connectivity index (χ2v) is 8.20. The number of ether oxygens (including phenoxy) is 3. The van der Waals surface area contributed by atoms with Gasteiger partial charge >= 0.3 is 0 Å². The number of anilines is 1. The Kier molecular flexibility index (Phi) is 7.10. The van der Waals surface area contributed by atoms with Gasteiger partial charge in [-0.15, -0.1) is 0 Å². The van der Waals surface area contributed by atoms with Crippen LogP contribution in [0.25, 0.3) is 10.9 Å². The van der Waals surface area contributed by atoms with E-state index in [-0.39, 0.29) is 5.91 Å². The Hall–Kier alpha value is -4.20. The van der Waals surface area contributed by atoms with Gasteiger partial charge in [0.1, 0.15) is 34.3 Å². The molecule has 2 heterocycles. The molecular weight excluding hydrogens is 446 g/mol. The van der Waals surface area contributed by atoms with Gasteiger partial charge < -0.3 is 28.4 Å². The van der Waals surface area contributed by atoms with E-state index in [1.54, 1.807) is 50.7 Å². The monoisotopic (exact) mass is 475 g/mol. The van der Waals surface area contributed by atoms with Gasteiger partial charge in [-0.1, -0.05) is 6.07 Å². The lowest BCUT2D eigenvalue weighted by Gasteiger charge is -2.25. The van der Waals surface area contributed by atoms with Gasteiger partial charge in [0, 0.05) is 30.6 Å². The molecule has 35 heavy (non-hydrogen) atoms. The summed E-state index contributed by atoms with van der Waals surface area (Å²) < 4.78 is 22.0. The maximum atomic E-state index is 13.7. The number of fused-ring (bicyclic) bond motifs is 1. The fourth-order valence-electron chi connectivity index (χ4n) is 4.02. The van der Waals surface area contributed by atoms with Crippen LogP contribution in [0.5, 0.6) is 17.2 Å². The minimum atomic E-state index is -0.150. The van der Waals surface area contributed by atoms with E-state index < -0.39 is 0 Å². The third-order valence-corrected chi connectivity index (χ3v) is 5.72. The van der Waals surface area contributed by atoms with Gasteiger partial charge in [-0.2, -0.15) is 0 Å². The highest BCUT2D eigenvalue weighted by Gasteiger charge is 2.22. The number of amides is 1. The largest absolute Gasteiger partial charge is 0.497 e. The first-order valence-electron chi connectivity index (χ1n) is 11.1. The first-order chi connectivity index (χ1) is 16.9. The number of hydrogen-bond acceptors (Lipinski definition) is 7. The molecule has 2 aromatic carbocycles. The minimum absolute atomic E-state index is 0.150. The van der Waals surface area contributed by atoms with Gasteiger partial charge in [-0.05, 0) is 48.5 Å². The van der Waals surface area contributed by atoms with Crippen molar-refractivity contribution in [1.82, 2.24) is 9.88 Å². The quantitative estimate of drug-likeness (QED) is 0.345. The molecule has 0 bridgehead atoms. The molecule has 182 valence electrons. The fourth-order valence-corrected chi connectivity index (χ4v) is 4.02. The summed E-state index contributed by atoms with van der Waals surface area (Å²) >= 11 is 0. The molecule has 4 aromatic rings. The fraction of sp³-hybridized carbons (Fsp3) is 0.259. The highest BCUT2D eigenvalue weighted by atomic mass is 16.5. The lowest BCUT2D eigenvalue weighted by molar-refractivity contribution is 0.0717. The number of benzene rings is 2. The van der Waals surface area contributed by atoms with Crippen LogP contribution in [0.1, 0.15) is 21.7 Å². The van der Waals surface area contributed by atoms with Gasteiger partial charge in [0.15, 0.2) is 0 Å². The molecule has 8 heteroatoms. The number of hydrogen-bond donors (Lipinski definition) is 0. The Morgan fingerprint density at radius 1 is 0.914 bits per heavy atom.